The van der Waals surface area contributed by atoms with Gasteiger partial charge in [0.05, 0.1) is 36.4 Å². The van der Waals surface area contributed by atoms with Crippen molar-refractivity contribution in [3.8, 4) is 11.5 Å². The van der Waals surface area contributed by atoms with Gasteiger partial charge in [0.25, 0.3) is 5.69 Å². The number of carbonyl (C=O) groups is 1. The first-order valence-electron chi connectivity index (χ1n) is 8.99. The average molecular weight is 385 g/mol. The van der Waals surface area contributed by atoms with Gasteiger partial charge >= 0.3 is 6.03 Å². The van der Waals surface area contributed by atoms with E-state index in [-0.39, 0.29) is 17.8 Å². The fourth-order valence-corrected chi connectivity index (χ4v) is 3.58. The normalized spacial score (nSPS) is 16.0. The summed E-state index contributed by atoms with van der Waals surface area (Å²) in [6.07, 6.45) is 1.65. The Kier molecular flexibility index (Phi) is 5.67. The van der Waals surface area contributed by atoms with Crippen LogP contribution in [0.2, 0.25) is 0 Å². The highest BCUT2D eigenvalue weighted by molar-refractivity contribution is 5.91. The lowest BCUT2D eigenvalue weighted by Gasteiger charge is -2.27. The third-order valence-corrected chi connectivity index (χ3v) is 5.05. The number of urea groups is 1. The van der Waals surface area contributed by atoms with Gasteiger partial charge in [0.1, 0.15) is 11.5 Å². The number of ether oxygens (including phenoxy) is 2. The molecule has 0 spiro atoms. The summed E-state index contributed by atoms with van der Waals surface area (Å²) in [6.45, 7) is 2.21. The van der Waals surface area contributed by atoms with Gasteiger partial charge in [0, 0.05) is 18.2 Å². The van der Waals surface area contributed by atoms with E-state index in [4.69, 9.17) is 9.47 Å². The van der Waals surface area contributed by atoms with Crippen molar-refractivity contribution in [1.29, 1.82) is 0 Å². The molecule has 1 aliphatic rings. The van der Waals surface area contributed by atoms with Crippen molar-refractivity contribution < 1.29 is 19.2 Å². The molecule has 0 saturated carbocycles. The summed E-state index contributed by atoms with van der Waals surface area (Å²) in [7, 11) is 3.19. The number of nitrogens with one attached hydrogen (secondary N) is 1. The quantitative estimate of drug-likeness (QED) is 0.612. The Hall–Kier alpha value is -3.29. The highest BCUT2D eigenvalue weighted by atomic mass is 16.6. The van der Waals surface area contributed by atoms with E-state index in [1.54, 1.807) is 38.2 Å². The van der Waals surface area contributed by atoms with Crippen LogP contribution in [-0.4, -0.2) is 36.6 Å². The molecule has 0 aromatic heterocycles. The average Bonchev–Trinajstić information content (AvgIpc) is 3.18. The van der Waals surface area contributed by atoms with Crippen LogP contribution in [-0.2, 0) is 0 Å². The van der Waals surface area contributed by atoms with E-state index in [0.717, 1.165) is 18.4 Å². The lowest BCUT2D eigenvalue weighted by Crippen LogP contribution is -2.34. The second-order valence-electron chi connectivity index (χ2n) is 6.60. The number of benzene rings is 2. The fraction of sp³-hybridized carbons (Fsp3) is 0.350. The van der Waals surface area contributed by atoms with Crippen molar-refractivity contribution in [2.75, 3.05) is 26.1 Å². The molecule has 2 aromatic carbocycles. The van der Waals surface area contributed by atoms with Crippen molar-refractivity contribution in [2.45, 2.75) is 25.8 Å². The Bertz CT molecular complexity index is 899. The molecule has 1 atom stereocenters. The van der Waals surface area contributed by atoms with Crippen molar-refractivity contribution in [3.63, 3.8) is 0 Å². The summed E-state index contributed by atoms with van der Waals surface area (Å²) in [5.74, 6) is 1.38. The third kappa shape index (κ3) is 3.71. The molecule has 1 unspecified atom stereocenters. The van der Waals surface area contributed by atoms with Gasteiger partial charge in [-0.1, -0.05) is 6.07 Å². The lowest BCUT2D eigenvalue weighted by molar-refractivity contribution is -0.385. The van der Waals surface area contributed by atoms with E-state index in [0.29, 0.717) is 29.3 Å². The van der Waals surface area contributed by atoms with Crippen LogP contribution in [0.25, 0.3) is 0 Å². The summed E-state index contributed by atoms with van der Waals surface area (Å²) in [4.78, 5) is 25.4. The lowest BCUT2D eigenvalue weighted by atomic mass is 10.0. The van der Waals surface area contributed by atoms with Crippen LogP contribution < -0.4 is 14.8 Å². The Balaban J connectivity index is 1.87. The minimum absolute atomic E-state index is 0.0229. The molecule has 1 heterocycles. The number of nitrogens with zero attached hydrogens (tertiary/aromatic N) is 2. The number of methoxy groups -OCH3 is 2. The SMILES string of the molecule is COc1ccc(OC)c(C2CCCN2C(=O)Nc2cccc([N+](=O)[O-])c2C)c1. The number of rotatable bonds is 5. The summed E-state index contributed by atoms with van der Waals surface area (Å²) in [5.41, 5.74) is 1.72. The Morgan fingerprint density at radius 2 is 2.04 bits per heavy atom. The monoisotopic (exact) mass is 385 g/mol. The number of likely N-dealkylation sites (tertiary alicyclic amines) is 1. The summed E-state index contributed by atoms with van der Waals surface area (Å²) in [5, 5.41) is 14.0. The molecule has 1 fully saturated rings. The van der Waals surface area contributed by atoms with E-state index >= 15 is 0 Å². The molecule has 2 aromatic rings. The van der Waals surface area contributed by atoms with Gasteiger partial charge in [-0.15, -0.1) is 0 Å². The van der Waals surface area contributed by atoms with Gasteiger partial charge in [-0.05, 0) is 44.0 Å². The molecule has 0 bridgehead atoms. The molecule has 8 heteroatoms. The van der Waals surface area contributed by atoms with Crippen LogP contribution in [0, 0.1) is 17.0 Å². The summed E-state index contributed by atoms with van der Waals surface area (Å²) >= 11 is 0. The molecule has 28 heavy (non-hydrogen) atoms. The first-order valence-corrected chi connectivity index (χ1v) is 8.99. The van der Waals surface area contributed by atoms with Crippen molar-refractivity contribution in [2.24, 2.45) is 0 Å². The standard InChI is InChI=1S/C20H23N3O5/c1-13-16(6-4-7-17(13)23(25)26)21-20(24)22-11-5-8-18(22)15-12-14(27-2)9-10-19(15)28-3/h4,6-7,9-10,12,18H,5,8,11H2,1-3H3,(H,21,24). The van der Waals surface area contributed by atoms with Gasteiger partial charge in [-0.3, -0.25) is 10.1 Å². The number of nitro benzene ring substituents is 1. The van der Waals surface area contributed by atoms with E-state index in [1.807, 2.05) is 18.2 Å². The third-order valence-electron chi connectivity index (χ3n) is 5.05. The first kappa shape index (κ1) is 19.5. The van der Waals surface area contributed by atoms with Crippen molar-refractivity contribution in [3.05, 3.63) is 57.6 Å². The van der Waals surface area contributed by atoms with Gasteiger partial charge in [0.2, 0.25) is 0 Å². The molecule has 2 amide bonds. The first-order chi connectivity index (χ1) is 13.5. The topological polar surface area (TPSA) is 93.9 Å². The number of carbonyl (C=O) groups excluding carboxylic acids is 1. The van der Waals surface area contributed by atoms with Gasteiger partial charge in [0.15, 0.2) is 0 Å². The van der Waals surface area contributed by atoms with Crippen LogP contribution in [0.3, 0.4) is 0 Å². The predicted octanol–water partition coefficient (Wildman–Crippen LogP) is 4.29. The molecule has 3 rings (SSSR count). The van der Waals surface area contributed by atoms with Crippen molar-refractivity contribution in [1.82, 2.24) is 4.90 Å². The van der Waals surface area contributed by atoms with Crippen LogP contribution in [0.5, 0.6) is 11.5 Å². The summed E-state index contributed by atoms with van der Waals surface area (Å²) < 4.78 is 10.8. The number of hydrogen-bond donors (Lipinski definition) is 1. The maximum atomic E-state index is 13.0. The van der Waals surface area contributed by atoms with Gasteiger partial charge in [-0.2, -0.15) is 0 Å². The molecular formula is C20H23N3O5. The minimum atomic E-state index is -0.454. The maximum absolute atomic E-state index is 13.0. The van der Waals surface area contributed by atoms with Gasteiger partial charge in [-0.25, -0.2) is 4.79 Å². The van der Waals surface area contributed by atoms with E-state index in [9.17, 15) is 14.9 Å². The van der Waals surface area contributed by atoms with Crippen LogP contribution in [0.4, 0.5) is 16.2 Å². The molecule has 0 aliphatic carbocycles. The number of anilines is 1. The van der Waals surface area contributed by atoms with Crippen LogP contribution >= 0.6 is 0 Å². The maximum Gasteiger partial charge on any atom is 0.322 e. The largest absolute Gasteiger partial charge is 0.497 e. The highest BCUT2D eigenvalue weighted by Gasteiger charge is 2.32. The Labute approximate surface area is 163 Å². The second-order valence-corrected chi connectivity index (χ2v) is 6.60. The number of nitro groups is 1. The predicted molar refractivity (Wildman–Crippen MR) is 105 cm³/mol. The molecule has 1 N–H and O–H groups in total. The molecular weight excluding hydrogens is 362 g/mol. The summed E-state index contributed by atoms with van der Waals surface area (Å²) in [6, 6.07) is 9.71. The number of hydrogen-bond acceptors (Lipinski definition) is 5. The number of amides is 2. The molecule has 148 valence electrons. The zero-order valence-electron chi connectivity index (χ0n) is 16.1. The van der Waals surface area contributed by atoms with E-state index in [2.05, 4.69) is 5.32 Å². The molecule has 0 radical (unpaired) electrons. The Morgan fingerprint density at radius 3 is 2.71 bits per heavy atom. The highest BCUT2D eigenvalue weighted by Crippen LogP contribution is 2.39. The van der Waals surface area contributed by atoms with Crippen LogP contribution in [0.15, 0.2) is 36.4 Å². The zero-order valence-corrected chi connectivity index (χ0v) is 16.1. The molecule has 8 nitrogen and oxygen atoms in total. The zero-order chi connectivity index (χ0) is 20.3. The Morgan fingerprint density at radius 1 is 1.25 bits per heavy atom. The molecule has 1 aliphatic heterocycles. The molecule has 1 saturated heterocycles. The van der Waals surface area contributed by atoms with E-state index < -0.39 is 4.92 Å². The smallest absolute Gasteiger partial charge is 0.322 e. The van der Waals surface area contributed by atoms with Gasteiger partial charge < -0.3 is 19.7 Å². The second kappa shape index (κ2) is 8.16. The fourth-order valence-electron chi connectivity index (χ4n) is 3.58. The minimum Gasteiger partial charge on any atom is -0.497 e. The van der Waals surface area contributed by atoms with Crippen LogP contribution in [0.1, 0.15) is 30.0 Å². The van der Waals surface area contributed by atoms with E-state index in [1.165, 1.54) is 6.07 Å². The van der Waals surface area contributed by atoms with Crippen molar-refractivity contribution >= 4 is 17.4 Å².